The fraction of sp³-hybridized carbons (Fsp3) is 0.235. The largest absolute Gasteiger partial charge is 0.325 e. The molecule has 23 heavy (non-hydrogen) atoms. The van der Waals surface area contributed by atoms with Crippen LogP contribution in [0.15, 0.2) is 53.4 Å². The first-order valence-electron chi connectivity index (χ1n) is 7.41. The Balaban J connectivity index is 1.93. The molecule has 1 amide bonds. The number of carbonyl (C=O) groups is 1. The lowest BCUT2D eigenvalue weighted by Crippen LogP contribution is -2.17. The number of amides is 1. The second-order valence-corrected chi connectivity index (χ2v) is 7.61. The summed E-state index contributed by atoms with van der Waals surface area (Å²) in [4.78, 5) is 12.2. The van der Waals surface area contributed by atoms with E-state index >= 15 is 0 Å². The van der Waals surface area contributed by atoms with Gasteiger partial charge in [0, 0.05) is 11.4 Å². The molecular weight excluding hydrogens is 312 g/mol. The summed E-state index contributed by atoms with van der Waals surface area (Å²) < 4.78 is 27.3. The molecular formula is C17H18N2O3S. The number of anilines is 2. The number of rotatable bonds is 4. The summed E-state index contributed by atoms with van der Waals surface area (Å²) in [5.41, 5.74) is 2.03. The summed E-state index contributed by atoms with van der Waals surface area (Å²) >= 11 is 0. The Morgan fingerprint density at radius 2 is 1.78 bits per heavy atom. The van der Waals surface area contributed by atoms with Gasteiger partial charge in [0.15, 0.2) is 0 Å². The molecule has 0 aromatic heterocycles. The Labute approximate surface area is 135 Å². The van der Waals surface area contributed by atoms with Crippen molar-refractivity contribution >= 4 is 27.3 Å². The lowest BCUT2D eigenvalue weighted by molar-refractivity contribution is -0.117. The van der Waals surface area contributed by atoms with Crippen LogP contribution in [-0.2, 0) is 14.8 Å². The lowest BCUT2D eigenvalue weighted by Gasteiger charge is -2.14. The zero-order valence-corrected chi connectivity index (χ0v) is 13.7. The van der Waals surface area contributed by atoms with E-state index in [1.54, 1.807) is 36.4 Å². The van der Waals surface area contributed by atoms with Crippen molar-refractivity contribution < 1.29 is 13.2 Å². The second-order valence-electron chi connectivity index (χ2n) is 5.93. The number of carbonyl (C=O) groups excluding carboxylic acids is 1. The van der Waals surface area contributed by atoms with E-state index in [1.165, 1.54) is 12.1 Å². The van der Waals surface area contributed by atoms with Crippen LogP contribution in [0.2, 0.25) is 0 Å². The van der Waals surface area contributed by atoms with Crippen molar-refractivity contribution in [3.05, 3.63) is 54.1 Å². The number of hydrogen-bond acceptors (Lipinski definition) is 3. The van der Waals surface area contributed by atoms with Crippen molar-refractivity contribution in [2.45, 2.75) is 24.7 Å². The van der Waals surface area contributed by atoms with E-state index < -0.39 is 10.0 Å². The van der Waals surface area contributed by atoms with Crippen molar-refractivity contribution in [3.8, 4) is 0 Å². The van der Waals surface area contributed by atoms with Gasteiger partial charge in [-0.05, 0) is 41.8 Å². The minimum Gasteiger partial charge on any atom is -0.325 e. The highest BCUT2D eigenvalue weighted by Gasteiger charge is 2.33. The van der Waals surface area contributed by atoms with Crippen LogP contribution in [-0.4, -0.2) is 14.3 Å². The molecule has 0 spiro atoms. The molecule has 1 aliphatic rings. The predicted octanol–water partition coefficient (Wildman–Crippen LogP) is 3.18. The van der Waals surface area contributed by atoms with Gasteiger partial charge < -0.3 is 5.32 Å². The van der Waals surface area contributed by atoms with Crippen molar-refractivity contribution in [2.24, 2.45) is 5.92 Å². The van der Waals surface area contributed by atoms with Crippen molar-refractivity contribution in [2.75, 3.05) is 10.0 Å². The SMILES string of the molecule is CC(C)C1C(=O)Nc2ccc(NS(=O)(=O)c3ccccc3)cc21. The highest BCUT2D eigenvalue weighted by Crippen LogP contribution is 2.38. The zero-order valence-electron chi connectivity index (χ0n) is 12.9. The highest BCUT2D eigenvalue weighted by molar-refractivity contribution is 7.92. The van der Waals surface area contributed by atoms with Gasteiger partial charge in [-0.1, -0.05) is 32.0 Å². The normalized spacial score (nSPS) is 17.0. The molecule has 1 atom stereocenters. The number of fused-ring (bicyclic) bond motifs is 1. The molecule has 0 fully saturated rings. The van der Waals surface area contributed by atoms with Crippen LogP contribution in [0.4, 0.5) is 11.4 Å². The average Bonchev–Trinajstić information content (AvgIpc) is 2.83. The molecule has 0 aliphatic carbocycles. The molecule has 2 aromatic carbocycles. The molecule has 0 saturated carbocycles. The Morgan fingerprint density at radius 1 is 1.09 bits per heavy atom. The van der Waals surface area contributed by atoms with E-state index in [4.69, 9.17) is 0 Å². The Morgan fingerprint density at radius 3 is 2.43 bits per heavy atom. The van der Waals surface area contributed by atoms with Gasteiger partial charge >= 0.3 is 0 Å². The summed E-state index contributed by atoms with van der Waals surface area (Å²) in [5, 5.41) is 2.83. The van der Waals surface area contributed by atoms with Crippen LogP contribution < -0.4 is 10.0 Å². The number of nitrogens with one attached hydrogen (secondary N) is 2. The number of benzene rings is 2. The van der Waals surface area contributed by atoms with Crippen LogP contribution >= 0.6 is 0 Å². The molecule has 0 saturated heterocycles. The first-order chi connectivity index (χ1) is 10.9. The molecule has 1 unspecified atom stereocenters. The smallest absolute Gasteiger partial charge is 0.261 e. The number of hydrogen-bond donors (Lipinski definition) is 2. The minimum atomic E-state index is -3.64. The summed E-state index contributed by atoms with van der Waals surface area (Å²) in [7, 11) is -3.64. The van der Waals surface area contributed by atoms with Gasteiger partial charge in [-0.15, -0.1) is 0 Å². The molecule has 1 heterocycles. The van der Waals surface area contributed by atoms with Gasteiger partial charge in [-0.3, -0.25) is 9.52 Å². The Kier molecular flexibility index (Phi) is 3.85. The molecule has 5 nitrogen and oxygen atoms in total. The van der Waals surface area contributed by atoms with Gasteiger partial charge in [0.1, 0.15) is 0 Å². The first kappa shape index (κ1) is 15.6. The van der Waals surface area contributed by atoms with E-state index in [1.807, 2.05) is 13.8 Å². The minimum absolute atomic E-state index is 0.0435. The van der Waals surface area contributed by atoms with E-state index in [-0.39, 0.29) is 22.6 Å². The van der Waals surface area contributed by atoms with Crippen LogP contribution in [0.5, 0.6) is 0 Å². The third-order valence-corrected chi connectivity index (χ3v) is 5.30. The van der Waals surface area contributed by atoms with Gasteiger partial charge in [0.2, 0.25) is 5.91 Å². The van der Waals surface area contributed by atoms with E-state index in [2.05, 4.69) is 10.0 Å². The zero-order chi connectivity index (χ0) is 16.6. The third kappa shape index (κ3) is 2.94. The van der Waals surface area contributed by atoms with E-state index in [0.717, 1.165) is 11.3 Å². The summed E-state index contributed by atoms with van der Waals surface area (Å²) in [6, 6.07) is 13.3. The van der Waals surface area contributed by atoms with E-state index in [9.17, 15) is 13.2 Å². The van der Waals surface area contributed by atoms with Gasteiger partial charge in [-0.2, -0.15) is 0 Å². The standard InChI is InChI=1S/C17H18N2O3S/c1-11(2)16-14-10-12(8-9-15(14)18-17(16)20)19-23(21,22)13-6-4-3-5-7-13/h3-11,16,19H,1-2H3,(H,18,20). The number of sulfonamides is 1. The average molecular weight is 330 g/mol. The monoisotopic (exact) mass is 330 g/mol. The molecule has 0 bridgehead atoms. The van der Waals surface area contributed by atoms with Crippen LogP contribution in [0.3, 0.4) is 0 Å². The van der Waals surface area contributed by atoms with Crippen molar-refractivity contribution in [3.63, 3.8) is 0 Å². The first-order valence-corrected chi connectivity index (χ1v) is 8.89. The van der Waals surface area contributed by atoms with Gasteiger partial charge in [0.25, 0.3) is 10.0 Å². The maximum atomic E-state index is 12.4. The van der Waals surface area contributed by atoms with Crippen LogP contribution in [0.25, 0.3) is 0 Å². The van der Waals surface area contributed by atoms with Crippen LogP contribution in [0.1, 0.15) is 25.3 Å². The molecule has 2 N–H and O–H groups in total. The highest BCUT2D eigenvalue weighted by atomic mass is 32.2. The summed E-state index contributed by atoms with van der Waals surface area (Å²) in [6.45, 7) is 3.94. The fourth-order valence-electron chi connectivity index (χ4n) is 2.82. The van der Waals surface area contributed by atoms with Crippen molar-refractivity contribution in [1.82, 2.24) is 0 Å². The molecule has 1 aliphatic heterocycles. The molecule has 3 rings (SSSR count). The topological polar surface area (TPSA) is 75.3 Å². The molecule has 2 aromatic rings. The quantitative estimate of drug-likeness (QED) is 0.904. The second kappa shape index (κ2) is 5.70. The third-order valence-electron chi connectivity index (χ3n) is 3.90. The summed E-state index contributed by atoms with van der Waals surface area (Å²) in [5.74, 6) is -0.165. The molecule has 0 radical (unpaired) electrons. The van der Waals surface area contributed by atoms with Crippen LogP contribution in [0, 0.1) is 5.92 Å². The lowest BCUT2D eigenvalue weighted by atomic mass is 9.89. The Bertz CT molecular complexity index is 845. The summed E-state index contributed by atoms with van der Waals surface area (Å²) in [6.07, 6.45) is 0. The fourth-order valence-corrected chi connectivity index (χ4v) is 3.90. The maximum absolute atomic E-state index is 12.4. The molecule has 120 valence electrons. The predicted molar refractivity (Wildman–Crippen MR) is 89.9 cm³/mol. The van der Waals surface area contributed by atoms with Gasteiger partial charge in [-0.25, -0.2) is 8.42 Å². The maximum Gasteiger partial charge on any atom is 0.261 e. The van der Waals surface area contributed by atoms with Gasteiger partial charge in [0.05, 0.1) is 10.8 Å². The molecule has 6 heteroatoms. The Hall–Kier alpha value is -2.34. The van der Waals surface area contributed by atoms with Crippen molar-refractivity contribution in [1.29, 1.82) is 0 Å². The van der Waals surface area contributed by atoms with E-state index in [0.29, 0.717) is 5.69 Å².